The highest BCUT2D eigenvalue weighted by Crippen LogP contribution is 2.57. The van der Waals surface area contributed by atoms with Crippen LogP contribution in [-0.4, -0.2) is 18.0 Å². The fourth-order valence-electron chi connectivity index (χ4n) is 4.42. The van der Waals surface area contributed by atoms with Gasteiger partial charge in [0.1, 0.15) is 6.10 Å². The Kier molecular flexibility index (Phi) is 2.98. The molecule has 1 aromatic rings. The number of anilines is 1. The summed E-state index contributed by atoms with van der Waals surface area (Å²) in [6.07, 6.45) is -3.29. The first-order valence-corrected chi connectivity index (χ1v) is 7.54. The summed E-state index contributed by atoms with van der Waals surface area (Å²) in [4.78, 5) is 24.4. The summed E-state index contributed by atoms with van der Waals surface area (Å²) in [5.74, 6) is -1.94. The van der Waals surface area contributed by atoms with Crippen molar-refractivity contribution in [2.75, 3.05) is 5.32 Å². The van der Waals surface area contributed by atoms with Crippen molar-refractivity contribution in [2.24, 2.45) is 23.7 Å². The minimum absolute atomic E-state index is 0.0134. The number of benzene rings is 1. The predicted molar refractivity (Wildman–Crippen MR) is 73.1 cm³/mol. The zero-order valence-corrected chi connectivity index (χ0v) is 12.0. The van der Waals surface area contributed by atoms with Gasteiger partial charge in [0, 0.05) is 5.92 Å². The molecule has 23 heavy (non-hydrogen) atoms. The highest BCUT2D eigenvalue weighted by atomic mass is 19.4. The van der Waals surface area contributed by atoms with Crippen LogP contribution in [0.15, 0.2) is 24.3 Å². The Labute approximate surface area is 130 Å². The average molecular weight is 325 g/mol. The number of carbonyl (C=O) groups excluding carboxylic acids is 2. The molecule has 7 heteroatoms. The number of para-hydroxylation sites is 1. The number of alkyl halides is 3. The lowest BCUT2D eigenvalue weighted by Crippen LogP contribution is -2.36. The van der Waals surface area contributed by atoms with Gasteiger partial charge < -0.3 is 10.1 Å². The van der Waals surface area contributed by atoms with Gasteiger partial charge in [0.2, 0.25) is 5.91 Å². The Morgan fingerprint density at radius 1 is 1.22 bits per heavy atom. The molecule has 1 N–H and O–H groups in total. The molecule has 2 aliphatic carbocycles. The number of ether oxygens (including phenoxy) is 1. The van der Waals surface area contributed by atoms with Crippen LogP contribution in [0.2, 0.25) is 0 Å². The lowest BCUT2D eigenvalue weighted by Gasteiger charge is -2.24. The van der Waals surface area contributed by atoms with Crippen molar-refractivity contribution in [1.29, 1.82) is 0 Å². The number of rotatable bonds is 2. The van der Waals surface area contributed by atoms with E-state index in [0.717, 1.165) is 12.5 Å². The van der Waals surface area contributed by atoms with Gasteiger partial charge in [-0.05, 0) is 30.9 Å². The Balaban J connectivity index is 1.59. The van der Waals surface area contributed by atoms with Crippen molar-refractivity contribution in [2.45, 2.75) is 25.1 Å². The summed E-state index contributed by atoms with van der Waals surface area (Å²) >= 11 is 0. The Hall–Kier alpha value is -2.05. The van der Waals surface area contributed by atoms with Crippen LogP contribution in [0, 0.1) is 23.7 Å². The summed E-state index contributed by atoms with van der Waals surface area (Å²) in [6.45, 7) is 0. The summed E-state index contributed by atoms with van der Waals surface area (Å²) in [6, 6.07) is 4.86. The molecule has 1 saturated heterocycles. The largest absolute Gasteiger partial charge is 0.462 e. The van der Waals surface area contributed by atoms with Crippen LogP contribution in [0.1, 0.15) is 18.4 Å². The van der Waals surface area contributed by atoms with Gasteiger partial charge in [0.05, 0.1) is 23.1 Å². The molecule has 0 radical (unpaired) electrons. The van der Waals surface area contributed by atoms with E-state index >= 15 is 0 Å². The molecule has 0 spiro atoms. The first-order valence-electron chi connectivity index (χ1n) is 7.54. The smallest absolute Gasteiger partial charge is 0.418 e. The molecular formula is C16H14F3NO3. The van der Waals surface area contributed by atoms with Crippen LogP contribution in [0.25, 0.3) is 0 Å². The number of amides is 1. The summed E-state index contributed by atoms with van der Waals surface area (Å²) in [5, 5.41) is 2.38. The molecule has 2 bridgehead atoms. The second kappa shape index (κ2) is 4.72. The number of fused-ring (bicyclic) bond motifs is 1. The number of hydrogen-bond acceptors (Lipinski definition) is 3. The SMILES string of the molecule is O=C(Nc1ccccc1C(F)(F)F)[C@@H]1[C@@H]2C[C@@H]3[C@@H]1C(=O)O[C@H]3C2. The molecule has 3 fully saturated rings. The van der Waals surface area contributed by atoms with Crippen LogP contribution in [0.4, 0.5) is 18.9 Å². The number of halogens is 3. The quantitative estimate of drug-likeness (QED) is 0.851. The lowest BCUT2D eigenvalue weighted by molar-refractivity contribution is -0.145. The van der Waals surface area contributed by atoms with Gasteiger partial charge in [-0.1, -0.05) is 12.1 Å². The van der Waals surface area contributed by atoms with E-state index in [0.29, 0.717) is 6.42 Å². The van der Waals surface area contributed by atoms with Crippen molar-refractivity contribution in [3.63, 3.8) is 0 Å². The van der Waals surface area contributed by atoms with Crippen LogP contribution < -0.4 is 5.32 Å². The first kappa shape index (κ1) is 14.5. The maximum Gasteiger partial charge on any atom is 0.418 e. The molecule has 1 aromatic carbocycles. The number of nitrogens with one attached hydrogen (secondary N) is 1. The van der Waals surface area contributed by atoms with Gasteiger partial charge in [-0.2, -0.15) is 13.2 Å². The Morgan fingerprint density at radius 2 is 1.96 bits per heavy atom. The first-order chi connectivity index (χ1) is 10.9. The Bertz CT molecular complexity index is 685. The zero-order chi connectivity index (χ0) is 16.4. The highest BCUT2D eigenvalue weighted by Gasteiger charge is 2.63. The van der Waals surface area contributed by atoms with E-state index in [1.54, 1.807) is 0 Å². The van der Waals surface area contributed by atoms with Crippen molar-refractivity contribution in [3.8, 4) is 0 Å². The van der Waals surface area contributed by atoms with Crippen LogP contribution >= 0.6 is 0 Å². The molecule has 0 aromatic heterocycles. The molecule has 1 amide bonds. The predicted octanol–water partition coefficient (Wildman–Crippen LogP) is 2.84. The topological polar surface area (TPSA) is 55.4 Å². The minimum Gasteiger partial charge on any atom is -0.462 e. The summed E-state index contributed by atoms with van der Waals surface area (Å²) in [7, 11) is 0. The molecule has 3 aliphatic rings. The molecule has 5 atom stereocenters. The van der Waals surface area contributed by atoms with Gasteiger partial charge in [-0.15, -0.1) is 0 Å². The molecule has 0 unspecified atom stereocenters. The monoisotopic (exact) mass is 325 g/mol. The van der Waals surface area contributed by atoms with E-state index in [4.69, 9.17) is 4.74 Å². The summed E-state index contributed by atoms with van der Waals surface area (Å²) < 4.78 is 44.3. The van der Waals surface area contributed by atoms with E-state index in [-0.39, 0.29) is 29.6 Å². The molecule has 4 rings (SSSR count). The fraction of sp³-hybridized carbons (Fsp3) is 0.500. The number of hydrogen-bond donors (Lipinski definition) is 1. The van der Waals surface area contributed by atoms with E-state index in [1.165, 1.54) is 18.2 Å². The van der Waals surface area contributed by atoms with E-state index in [9.17, 15) is 22.8 Å². The molecule has 4 nitrogen and oxygen atoms in total. The van der Waals surface area contributed by atoms with Crippen LogP contribution in [0.3, 0.4) is 0 Å². The van der Waals surface area contributed by atoms with Gasteiger partial charge in [0.15, 0.2) is 0 Å². The normalized spacial score (nSPS) is 34.6. The Morgan fingerprint density at radius 3 is 2.70 bits per heavy atom. The van der Waals surface area contributed by atoms with E-state index < -0.39 is 29.5 Å². The van der Waals surface area contributed by atoms with E-state index in [1.807, 2.05) is 0 Å². The maximum atomic E-state index is 13.0. The van der Waals surface area contributed by atoms with Crippen molar-refractivity contribution in [3.05, 3.63) is 29.8 Å². The highest BCUT2D eigenvalue weighted by molar-refractivity contribution is 5.97. The lowest BCUT2D eigenvalue weighted by atomic mass is 9.79. The van der Waals surface area contributed by atoms with Gasteiger partial charge in [0.25, 0.3) is 0 Å². The standard InChI is InChI=1S/C16H14F3NO3/c17-16(18,19)9-3-1-2-4-10(9)20-14(21)12-7-5-8-11(6-7)23-15(22)13(8)12/h1-4,7-8,11-13H,5-6H2,(H,20,21)/t7-,8+,11+,12-,13+/m1/s1. The fourth-order valence-corrected chi connectivity index (χ4v) is 4.42. The second-order valence-electron chi connectivity index (χ2n) is 6.45. The van der Waals surface area contributed by atoms with Gasteiger partial charge in [-0.25, -0.2) is 0 Å². The molecule has 1 heterocycles. The van der Waals surface area contributed by atoms with Crippen LogP contribution in [0.5, 0.6) is 0 Å². The number of carbonyl (C=O) groups is 2. The van der Waals surface area contributed by atoms with Crippen molar-refractivity contribution >= 4 is 17.6 Å². The average Bonchev–Trinajstić information content (AvgIpc) is 3.08. The van der Waals surface area contributed by atoms with Gasteiger partial charge in [-0.3, -0.25) is 9.59 Å². The molecule has 2 saturated carbocycles. The second-order valence-corrected chi connectivity index (χ2v) is 6.45. The third-order valence-electron chi connectivity index (χ3n) is 5.28. The molecular weight excluding hydrogens is 311 g/mol. The molecule has 1 aliphatic heterocycles. The van der Waals surface area contributed by atoms with E-state index in [2.05, 4.69) is 5.32 Å². The minimum atomic E-state index is -4.55. The summed E-state index contributed by atoms with van der Waals surface area (Å²) in [5.41, 5.74) is -1.15. The third kappa shape index (κ3) is 2.13. The third-order valence-corrected chi connectivity index (χ3v) is 5.28. The zero-order valence-electron chi connectivity index (χ0n) is 12.0. The molecule has 122 valence electrons. The number of esters is 1. The van der Waals surface area contributed by atoms with Gasteiger partial charge >= 0.3 is 12.1 Å². The van der Waals surface area contributed by atoms with Crippen molar-refractivity contribution in [1.82, 2.24) is 0 Å². The van der Waals surface area contributed by atoms with Crippen molar-refractivity contribution < 1.29 is 27.5 Å². The van der Waals surface area contributed by atoms with Crippen LogP contribution in [-0.2, 0) is 20.5 Å². The maximum absolute atomic E-state index is 13.0.